The molecule has 2 saturated carbocycles. The third-order valence-electron chi connectivity index (χ3n) is 5.91. The second-order valence-electron chi connectivity index (χ2n) is 7.46. The molecule has 1 heterocycles. The lowest BCUT2D eigenvalue weighted by molar-refractivity contribution is -0.201. The van der Waals surface area contributed by atoms with Crippen LogP contribution in [0.15, 0.2) is 0 Å². The van der Waals surface area contributed by atoms with Gasteiger partial charge >= 0.3 is 5.97 Å². The van der Waals surface area contributed by atoms with Gasteiger partial charge in [-0.3, -0.25) is 4.79 Å². The molecule has 0 radical (unpaired) electrons. The highest BCUT2D eigenvalue weighted by molar-refractivity contribution is 5.72. The third kappa shape index (κ3) is 3.42. The molecule has 0 aromatic carbocycles. The van der Waals surface area contributed by atoms with Crippen LogP contribution in [0.2, 0.25) is 0 Å². The number of aliphatic hydroxyl groups is 5. The number of carboxylic acids is 1. The smallest absolute Gasteiger partial charge is 0.312 e. The zero-order valence-electron chi connectivity index (χ0n) is 13.9. The number of hydrogen-bond acceptors (Lipinski definition) is 8. The molecule has 0 aromatic rings. The van der Waals surface area contributed by atoms with Gasteiger partial charge in [0.2, 0.25) is 0 Å². The first-order chi connectivity index (χ1) is 11.8. The molecule has 144 valence electrons. The predicted octanol–water partition coefficient (Wildman–Crippen LogP) is -2.30. The van der Waals surface area contributed by atoms with Crippen molar-refractivity contribution in [1.29, 1.82) is 0 Å². The molecule has 0 spiro atoms. The fourth-order valence-electron chi connectivity index (χ4n) is 4.17. The lowest BCUT2D eigenvalue weighted by atomic mass is 9.75. The lowest BCUT2D eigenvalue weighted by Crippen LogP contribution is -2.54. The van der Waals surface area contributed by atoms with Crippen molar-refractivity contribution in [3.63, 3.8) is 0 Å². The Bertz CT molecular complexity index is 498. The van der Waals surface area contributed by atoms with Crippen molar-refractivity contribution in [3.8, 4) is 0 Å². The minimum absolute atomic E-state index is 0.0964. The number of rotatable bonds is 4. The predicted molar refractivity (Wildman–Crippen MR) is 81.4 cm³/mol. The summed E-state index contributed by atoms with van der Waals surface area (Å²) in [5.74, 6) is -3.06. The Morgan fingerprint density at radius 1 is 1.08 bits per heavy atom. The van der Waals surface area contributed by atoms with E-state index in [1.807, 2.05) is 0 Å². The number of carboxylic acid groups (broad SMARTS) is 1. The van der Waals surface area contributed by atoms with E-state index in [4.69, 9.17) is 9.47 Å². The Kier molecular flexibility index (Phi) is 5.36. The number of carbonyl (C=O) groups is 1. The van der Waals surface area contributed by atoms with Crippen LogP contribution in [0.1, 0.15) is 19.8 Å². The molecule has 2 aliphatic carbocycles. The number of fused-ring (bicyclic) bond motifs is 1. The summed E-state index contributed by atoms with van der Waals surface area (Å²) in [5, 5.41) is 59.7. The van der Waals surface area contributed by atoms with Crippen LogP contribution in [0, 0.1) is 17.8 Å². The highest BCUT2D eigenvalue weighted by Crippen LogP contribution is 2.42. The van der Waals surface area contributed by atoms with Crippen molar-refractivity contribution in [2.24, 2.45) is 17.8 Å². The molecule has 0 amide bonds. The molecule has 11 atom stereocenters. The molecule has 0 bridgehead atoms. The van der Waals surface area contributed by atoms with Crippen LogP contribution in [-0.2, 0) is 14.3 Å². The van der Waals surface area contributed by atoms with E-state index in [0.717, 1.165) is 0 Å². The molecule has 9 nitrogen and oxygen atoms in total. The van der Waals surface area contributed by atoms with E-state index in [2.05, 4.69) is 0 Å². The average molecular weight is 362 g/mol. The second kappa shape index (κ2) is 7.07. The van der Waals surface area contributed by atoms with Gasteiger partial charge in [-0.15, -0.1) is 0 Å². The van der Waals surface area contributed by atoms with Crippen LogP contribution >= 0.6 is 0 Å². The van der Waals surface area contributed by atoms with E-state index in [9.17, 15) is 35.4 Å². The Morgan fingerprint density at radius 3 is 2.36 bits per heavy atom. The largest absolute Gasteiger partial charge is 0.481 e. The van der Waals surface area contributed by atoms with Crippen molar-refractivity contribution in [2.45, 2.75) is 68.6 Å². The van der Waals surface area contributed by atoms with Gasteiger partial charge in [0.1, 0.15) is 24.2 Å². The number of aliphatic carboxylic acids is 1. The number of ether oxygens (including phenoxy) is 2. The maximum absolute atomic E-state index is 11.7. The van der Waals surface area contributed by atoms with Crippen LogP contribution < -0.4 is 0 Å². The Hall–Kier alpha value is -0.810. The molecule has 3 fully saturated rings. The van der Waals surface area contributed by atoms with Gasteiger partial charge in [0.25, 0.3) is 0 Å². The van der Waals surface area contributed by atoms with Crippen molar-refractivity contribution >= 4 is 5.97 Å². The highest BCUT2D eigenvalue weighted by atomic mass is 16.6. The lowest BCUT2D eigenvalue weighted by Gasteiger charge is -2.43. The Labute approximate surface area is 144 Å². The van der Waals surface area contributed by atoms with Crippen molar-refractivity contribution in [1.82, 2.24) is 0 Å². The van der Waals surface area contributed by atoms with Crippen molar-refractivity contribution < 1.29 is 44.9 Å². The molecule has 1 saturated heterocycles. The Balaban J connectivity index is 1.79. The molecular formula is C16H26O9. The molecule has 3 aliphatic rings. The van der Waals surface area contributed by atoms with Crippen molar-refractivity contribution in [2.75, 3.05) is 6.61 Å². The van der Waals surface area contributed by atoms with E-state index in [-0.39, 0.29) is 31.3 Å². The van der Waals surface area contributed by atoms with Gasteiger partial charge in [0.15, 0.2) is 0 Å². The van der Waals surface area contributed by atoms with Crippen molar-refractivity contribution in [3.05, 3.63) is 0 Å². The molecule has 9 heteroatoms. The average Bonchev–Trinajstić information content (AvgIpc) is 3.34. The van der Waals surface area contributed by atoms with E-state index in [1.54, 1.807) is 6.92 Å². The third-order valence-corrected chi connectivity index (χ3v) is 5.91. The molecule has 6 N–H and O–H groups in total. The molecule has 25 heavy (non-hydrogen) atoms. The Morgan fingerprint density at radius 2 is 1.76 bits per heavy atom. The van der Waals surface area contributed by atoms with Crippen LogP contribution in [0.4, 0.5) is 0 Å². The van der Waals surface area contributed by atoms with Gasteiger partial charge in [-0.1, -0.05) is 6.92 Å². The molecule has 0 aromatic heterocycles. The first kappa shape index (κ1) is 19.0. The first-order valence-corrected chi connectivity index (χ1v) is 8.63. The summed E-state index contributed by atoms with van der Waals surface area (Å²) in [5.41, 5.74) is 0. The summed E-state index contributed by atoms with van der Waals surface area (Å²) in [7, 11) is 0. The zero-order valence-corrected chi connectivity index (χ0v) is 13.9. The van der Waals surface area contributed by atoms with Gasteiger partial charge in [0, 0.05) is 13.0 Å². The quantitative estimate of drug-likeness (QED) is 0.302. The van der Waals surface area contributed by atoms with Gasteiger partial charge < -0.3 is 40.1 Å². The van der Waals surface area contributed by atoms with E-state index in [1.165, 1.54) is 0 Å². The summed E-state index contributed by atoms with van der Waals surface area (Å²) in [4.78, 5) is 11.7. The van der Waals surface area contributed by atoms with Gasteiger partial charge in [0.05, 0.1) is 30.5 Å². The van der Waals surface area contributed by atoms with E-state index >= 15 is 0 Å². The minimum Gasteiger partial charge on any atom is -0.481 e. The standard InChI is InChI=1S/C16H26O9/c1-5-6(4-17)2-9(12(21)11(5)20)24-13-7(18)3-8(19)14-15(25-14)10(13)16(22)23/h5-15,17-21H,2-4H2,1H3,(H,22,23)/t5-,6?,7?,8?,9+,10?,11?,12?,13+,14+,15?/m1/s1. The molecular weight excluding hydrogens is 336 g/mol. The van der Waals surface area contributed by atoms with E-state index < -0.39 is 60.7 Å². The SMILES string of the molecule is C[C@@H]1C(CO)C[C@H](O[C@H]2C(O)CC(O)[C@@H]3OC3C2C(=O)O)C(O)C1O. The maximum Gasteiger partial charge on any atom is 0.312 e. The maximum atomic E-state index is 11.7. The van der Waals surface area contributed by atoms with Gasteiger partial charge in [-0.25, -0.2) is 0 Å². The summed E-state index contributed by atoms with van der Waals surface area (Å²) >= 11 is 0. The number of hydrogen-bond donors (Lipinski definition) is 6. The normalized spacial score (nSPS) is 53.0. The number of epoxide rings is 1. The topological polar surface area (TPSA) is 160 Å². The fourth-order valence-corrected chi connectivity index (χ4v) is 4.17. The van der Waals surface area contributed by atoms with Crippen LogP contribution in [0.5, 0.6) is 0 Å². The summed E-state index contributed by atoms with van der Waals surface area (Å²) in [6.45, 7) is 1.51. The van der Waals surface area contributed by atoms with Crippen LogP contribution in [0.3, 0.4) is 0 Å². The second-order valence-corrected chi connectivity index (χ2v) is 7.46. The fraction of sp³-hybridized carbons (Fsp3) is 0.938. The first-order valence-electron chi connectivity index (χ1n) is 8.63. The van der Waals surface area contributed by atoms with E-state index in [0.29, 0.717) is 0 Å². The van der Waals surface area contributed by atoms with Crippen LogP contribution in [-0.4, -0.2) is 92.0 Å². The van der Waals surface area contributed by atoms with Gasteiger partial charge in [-0.2, -0.15) is 0 Å². The highest BCUT2D eigenvalue weighted by Gasteiger charge is 2.60. The molecule has 7 unspecified atom stereocenters. The molecule has 1 aliphatic heterocycles. The minimum atomic E-state index is -1.26. The van der Waals surface area contributed by atoms with Crippen LogP contribution in [0.25, 0.3) is 0 Å². The van der Waals surface area contributed by atoms with Gasteiger partial charge in [-0.05, 0) is 18.3 Å². The number of aliphatic hydroxyl groups excluding tert-OH is 5. The summed E-state index contributed by atoms with van der Waals surface area (Å²) in [6.07, 6.45) is -8.01. The summed E-state index contributed by atoms with van der Waals surface area (Å²) in [6, 6.07) is 0. The monoisotopic (exact) mass is 362 g/mol. The molecule has 3 rings (SSSR count). The zero-order chi connectivity index (χ0) is 18.5. The summed E-state index contributed by atoms with van der Waals surface area (Å²) < 4.78 is 11.0.